The third-order valence-electron chi connectivity index (χ3n) is 2.58. The smallest absolute Gasteiger partial charge is 0.175 e. The topological polar surface area (TPSA) is 69.4 Å². The third kappa shape index (κ3) is 4.02. The molecule has 5 heteroatoms. The maximum absolute atomic E-state index is 11.5. The predicted molar refractivity (Wildman–Crippen MR) is 68.1 cm³/mol. The van der Waals surface area contributed by atoms with Gasteiger partial charge in [-0.2, -0.15) is 0 Å². The van der Waals surface area contributed by atoms with E-state index in [9.17, 15) is 8.42 Å². The van der Waals surface area contributed by atoms with Gasteiger partial charge in [-0.1, -0.05) is 0 Å². The highest BCUT2D eigenvalue weighted by atomic mass is 32.2. The lowest BCUT2D eigenvalue weighted by Gasteiger charge is -2.09. The van der Waals surface area contributed by atoms with Crippen LogP contribution in [0.5, 0.6) is 5.75 Å². The molecule has 0 aliphatic rings. The monoisotopic (exact) mass is 257 g/mol. The van der Waals surface area contributed by atoms with E-state index in [0.717, 1.165) is 30.6 Å². The molecular formula is C12H19NO3S. The van der Waals surface area contributed by atoms with Gasteiger partial charge in [0, 0.05) is 6.26 Å². The number of methoxy groups -OCH3 is 1. The fourth-order valence-corrected chi connectivity index (χ4v) is 2.31. The lowest BCUT2D eigenvalue weighted by Crippen LogP contribution is -2.02. The number of nitrogens with two attached hydrogens (primary N) is 1. The highest BCUT2D eigenvalue weighted by Gasteiger charge is 2.11. The average molecular weight is 257 g/mol. The molecule has 0 aliphatic carbocycles. The average Bonchev–Trinajstić information content (AvgIpc) is 2.28. The Morgan fingerprint density at radius 3 is 2.53 bits per heavy atom. The predicted octanol–water partition coefficient (Wildman–Crippen LogP) is 1.38. The van der Waals surface area contributed by atoms with Crippen molar-refractivity contribution in [2.45, 2.75) is 24.2 Å². The van der Waals surface area contributed by atoms with Crippen LogP contribution in [0.1, 0.15) is 18.4 Å². The molecule has 0 bridgehead atoms. The van der Waals surface area contributed by atoms with Crippen LogP contribution in [0.15, 0.2) is 23.1 Å². The van der Waals surface area contributed by atoms with Crippen molar-refractivity contribution < 1.29 is 13.2 Å². The van der Waals surface area contributed by atoms with Crippen molar-refractivity contribution in [3.63, 3.8) is 0 Å². The Bertz CT molecular complexity index is 469. The summed E-state index contributed by atoms with van der Waals surface area (Å²) in [5, 5.41) is 0. The molecule has 1 rings (SSSR count). The summed E-state index contributed by atoms with van der Waals surface area (Å²) in [5.41, 5.74) is 6.36. The second kappa shape index (κ2) is 6.02. The van der Waals surface area contributed by atoms with Gasteiger partial charge in [0.1, 0.15) is 5.75 Å². The molecule has 2 N–H and O–H groups in total. The first-order chi connectivity index (χ1) is 7.99. The molecule has 0 unspecified atom stereocenters. The van der Waals surface area contributed by atoms with E-state index in [1.165, 1.54) is 6.26 Å². The first kappa shape index (κ1) is 14.0. The van der Waals surface area contributed by atoms with Gasteiger partial charge in [-0.15, -0.1) is 0 Å². The summed E-state index contributed by atoms with van der Waals surface area (Å²) in [6.07, 6.45) is 3.84. The van der Waals surface area contributed by atoms with E-state index in [-0.39, 0.29) is 0 Å². The Labute approximate surface area is 103 Å². The maximum Gasteiger partial charge on any atom is 0.175 e. The number of hydrogen-bond acceptors (Lipinski definition) is 4. The fourth-order valence-electron chi connectivity index (χ4n) is 1.64. The molecule has 96 valence electrons. The molecule has 0 saturated carbocycles. The number of unbranched alkanes of at least 4 members (excludes halogenated alkanes) is 1. The third-order valence-corrected chi connectivity index (χ3v) is 3.69. The zero-order chi connectivity index (χ0) is 12.9. The molecule has 0 aliphatic heterocycles. The molecule has 4 nitrogen and oxygen atoms in total. The SMILES string of the molecule is COc1ccc(S(C)(=O)=O)cc1CCCCN. The van der Waals surface area contributed by atoms with Crippen molar-refractivity contribution in [2.75, 3.05) is 19.9 Å². The van der Waals surface area contributed by atoms with Crippen molar-refractivity contribution in [3.8, 4) is 5.75 Å². The number of ether oxygens (including phenoxy) is 1. The van der Waals surface area contributed by atoms with E-state index < -0.39 is 9.84 Å². The van der Waals surface area contributed by atoms with E-state index in [2.05, 4.69) is 0 Å². The molecule has 0 fully saturated rings. The molecule has 0 radical (unpaired) electrons. The first-order valence-electron chi connectivity index (χ1n) is 5.56. The Morgan fingerprint density at radius 1 is 1.29 bits per heavy atom. The van der Waals surface area contributed by atoms with Crippen molar-refractivity contribution >= 4 is 9.84 Å². The van der Waals surface area contributed by atoms with E-state index in [4.69, 9.17) is 10.5 Å². The van der Waals surface area contributed by atoms with Crippen LogP contribution in [0.25, 0.3) is 0 Å². The van der Waals surface area contributed by atoms with Crippen LogP contribution in [0.4, 0.5) is 0 Å². The quantitative estimate of drug-likeness (QED) is 0.782. The molecular weight excluding hydrogens is 238 g/mol. The van der Waals surface area contributed by atoms with Gasteiger partial charge in [0.15, 0.2) is 9.84 Å². The van der Waals surface area contributed by atoms with Crippen LogP contribution in [0.3, 0.4) is 0 Å². The highest BCUT2D eigenvalue weighted by Crippen LogP contribution is 2.24. The molecule has 0 amide bonds. The van der Waals surface area contributed by atoms with Crippen LogP contribution >= 0.6 is 0 Å². The summed E-state index contributed by atoms with van der Waals surface area (Å²) in [7, 11) is -1.58. The normalized spacial score (nSPS) is 11.5. The summed E-state index contributed by atoms with van der Waals surface area (Å²) < 4.78 is 28.1. The van der Waals surface area contributed by atoms with Crippen LogP contribution in [-0.4, -0.2) is 28.3 Å². The van der Waals surface area contributed by atoms with Crippen LogP contribution < -0.4 is 10.5 Å². The summed E-state index contributed by atoms with van der Waals surface area (Å²) in [5.74, 6) is 0.731. The number of sulfone groups is 1. The zero-order valence-corrected chi connectivity index (χ0v) is 11.1. The molecule has 0 spiro atoms. The molecule has 0 saturated heterocycles. The highest BCUT2D eigenvalue weighted by molar-refractivity contribution is 7.90. The van der Waals surface area contributed by atoms with Crippen molar-refractivity contribution in [1.82, 2.24) is 0 Å². The van der Waals surface area contributed by atoms with Gasteiger partial charge < -0.3 is 10.5 Å². The van der Waals surface area contributed by atoms with E-state index in [0.29, 0.717) is 11.4 Å². The maximum atomic E-state index is 11.5. The molecule has 0 heterocycles. The van der Waals surface area contributed by atoms with Gasteiger partial charge in [-0.05, 0) is 49.6 Å². The van der Waals surface area contributed by atoms with Crippen molar-refractivity contribution in [3.05, 3.63) is 23.8 Å². The van der Waals surface area contributed by atoms with E-state index >= 15 is 0 Å². The number of aryl methyl sites for hydroxylation is 1. The fraction of sp³-hybridized carbons (Fsp3) is 0.500. The van der Waals surface area contributed by atoms with Gasteiger partial charge in [0.2, 0.25) is 0 Å². The van der Waals surface area contributed by atoms with Gasteiger partial charge in [0.25, 0.3) is 0 Å². The molecule has 1 aromatic rings. The Morgan fingerprint density at radius 2 is 2.00 bits per heavy atom. The Hall–Kier alpha value is -1.07. The van der Waals surface area contributed by atoms with E-state index in [1.54, 1.807) is 25.3 Å². The molecule has 0 aromatic heterocycles. The molecule has 0 atom stereocenters. The minimum Gasteiger partial charge on any atom is -0.496 e. The first-order valence-corrected chi connectivity index (χ1v) is 7.45. The Kier molecular flexibility index (Phi) is 4.96. The van der Waals surface area contributed by atoms with Crippen LogP contribution in [-0.2, 0) is 16.3 Å². The minimum atomic E-state index is -3.16. The van der Waals surface area contributed by atoms with Gasteiger partial charge >= 0.3 is 0 Å². The number of benzene rings is 1. The van der Waals surface area contributed by atoms with Crippen LogP contribution in [0.2, 0.25) is 0 Å². The molecule has 1 aromatic carbocycles. The van der Waals surface area contributed by atoms with E-state index in [1.807, 2.05) is 0 Å². The standard InChI is InChI=1S/C12H19NO3S/c1-16-12-7-6-11(17(2,14)15)9-10(12)5-3-4-8-13/h6-7,9H,3-5,8,13H2,1-2H3. The van der Waals surface area contributed by atoms with Crippen molar-refractivity contribution in [1.29, 1.82) is 0 Å². The minimum absolute atomic E-state index is 0.334. The number of hydrogen-bond donors (Lipinski definition) is 1. The summed E-state index contributed by atoms with van der Waals surface area (Å²) >= 11 is 0. The van der Waals surface area contributed by atoms with Gasteiger partial charge in [-0.3, -0.25) is 0 Å². The summed E-state index contributed by atoms with van der Waals surface area (Å²) in [6, 6.07) is 4.96. The molecule has 17 heavy (non-hydrogen) atoms. The second-order valence-corrected chi connectivity index (χ2v) is 6.01. The largest absolute Gasteiger partial charge is 0.496 e. The van der Waals surface area contributed by atoms with Crippen LogP contribution in [0, 0.1) is 0 Å². The van der Waals surface area contributed by atoms with Gasteiger partial charge in [0.05, 0.1) is 12.0 Å². The van der Waals surface area contributed by atoms with Gasteiger partial charge in [-0.25, -0.2) is 8.42 Å². The lowest BCUT2D eigenvalue weighted by molar-refractivity contribution is 0.408. The second-order valence-electron chi connectivity index (χ2n) is 3.99. The summed E-state index contributed by atoms with van der Waals surface area (Å²) in [6.45, 7) is 0.647. The Balaban J connectivity index is 2.98. The van der Waals surface area contributed by atoms with Crippen molar-refractivity contribution in [2.24, 2.45) is 5.73 Å². The summed E-state index contributed by atoms with van der Waals surface area (Å²) in [4.78, 5) is 0.334. The number of rotatable bonds is 6. The lowest BCUT2D eigenvalue weighted by atomic mass is 10.1. The zero-order valence-electron chi connectivity index (χ0n) is 10.3.